The van der Waals surface area contributed by atoms with Crippen LogP contribution in [0.3, 0.4) is 0 Å². The lowest BCUT2D eigenvalue weighted by Gasteiger charge is -2.38. The number of aliphatic hydroxyl groups excluding tert-OH is 1. The molecule has 0 bridgehead atoms. The lowest BCUT2D eigenvalue weighted by atomic mass is 9.67. The van der Waals surface area contributed by atoms with Crippen molar-refractivity contribution in [3.8, 4) is 16.9 Å². The highest BCUT2D eigenvalue weighted by molar-refractivity contribution is 5.86. The number of carbonyl (C=O) groups is 1. The van der Waals surface area contributed by atoms with Crippen molar-refractivity contribution in [2.24, 2.45) is 23.7 Å². The van der Waals surface area contributed by atoms with Gasteiger partial charge in [-0.05, 0) is 99.7 Å². The summed E-state index contributed by atoms with van der Waals surface area (Å²) >= 11 is 0. The highest BCUT2D eigenvalue weighted by Crippen LogP contribution is 2.46. The molecule has 2 aromatic rings. The quantitative estimate of drug-likeness (QED) is 0.105. The third kappa shape index (κ3) is 8.64. The van der Waals surface area contributed by atoms with Gasteiger partial charge in [0.25, 0.3) is 0 Å². The average Bonchev–Trinajstić information content (AvgIpc) is 2.99. The molecule has 0 radical (unpaired) electrons. The van der Waals surface area contributed by atoms with E-state index in [1.807, 2.05) is 6.92 Å². The zero-order chi connectivity index (χ0) is 31.8. The molecule has 0 saturated heterocycles. The van der Waals surface area contributed by atoms with Crippen molar-refractivity contribution in [1.29, 1.82) is 0 Å². The molecular formula is C36H46F4O4. The topological polar surface area (TPSA) is 55.8 Å². The van der Waals surface area contributed by atoms with Crippen LogP contribution in [0.4, 0.5) is 17.6 Å². The lowest BCUT2D eigenvalue weighted by molar-refractivity contribution is -0.140. The molecule has 2 aliphatic rings. The molecular weight excluding hydrogens is 572 g/mol. The number of aliphatic hydroxyl groups is 1. The third-order valence-electron chi connectivity index (χ3n) is 9.61. The van der Waals surface area contributed by atoms with Crippen LogP contribution in [0.1, 0.15) is 96.0 Å². The van der Waals surface area contributed by atoms with Gasteiger partial charge in [-0.2, -0.15) is 0 Å². The van der Waals surface area contributed by atoms with Gasteiger partial charge in [-0.15, -0.1) is 0 Å². The summed E-state index contributed by atoms with van der Waals surface area (Å²) in [5.41, 5.74) is -0.269. The van der Waals surface area contributed by atoms with Gasteiger partial charge in [0.05, 0.1) is 18.8 Å². The van der Waals surface area contributed by atoms with E-state index >= 15 is 8.78 Å². The summed E-state index contributed by atoms with van der Waals surface area (Å²) in [6.45, 7) is 7.67. The Balaban J connectivity index is 1.31. The van der Waals surface area contributed by atoms with Gasteiger partial charge in [-0.1, -0.05) is 32.8 Å². The van der Waals surface area contributed by atoms with Crippen molar-refractivity contribution in [3.05, 3.63) is 65.2 Å². The second-order valence-electron chi connectivity index (χ2n) is 12.9. The molecule has 0 spiro atoms. The maximum absolute atomic E-state index is 15.3. The number of carbonyl (C=O) groups excluding carboxylic acids is 1. The summed E-state index contributed by atoms with van der Waals surface area (Å²) in [5, 5.41) is 9.76. The fraction of sp³-hybridized carbons (Fsp3) is 0.583. The molecule has 8 heteroatoms. The van der Waals surface area contributed by atoms with Crippen LogP contribution in [0.15, 0.2) is 36.4 Å². The minimum absolute atomic E-state index is 0.0126. The summed E-state index contributed by atoms with van der Waals surface area (Å²) in [4.78, 5) is 11.7. The molecule has 1 atom stereocenters. The minimum atomic E-state index is -0.920. The van der Waals surface area contributed by atoms with Gasteiger partial charge in [0.2, 0.25) is 0 Å². The van der Waals surface area contributed by atoms with Crippen LogP contribution in [0.25, 0.3) is 11.1 Å². The van der Waals surface area contributed by atoms with E-state index in [0.29, 0.717) is 42.8 Å². The van der Waals surface area contributed by atoms with Crippen LogP contribution in [-0.4, -0.2) is 30.9 Å². The molecule has 0 aliphatic heterocycles. The van der Waals surface area contributed by atoms with E-state index in [-0.39, 0.29) is 41.9 Å². The van der Waals surface area contributed by atoms with Gasteiger partial charge in [-0.25, -0.2) is 22.4 Å². The van der Waals surface area contributed by atoms with Crippen molar-refractivity contribution in [2.45, 2.75) is 90.4 Å². The van der Waals surface area contributed by atoms with E-state index in [1.165, 1.54) is 0 Å². The Bertz CT molecular complexity index is 1230. The molecule has 2 saturated carbocycles. The Hall–Kier alpha value is -2.87. The van der Waals surface area contributed by atoms with Crippen molar-refractivity contribution in [1.82, 2.24) is 0 Å². The monoisotopic (exact) mass is 618 g/mol. The molecule has 2 aromatic carbocycles. The molecule has 4 nitrogen and oxygen atoms in total. The Kier molecular flexibility index (Phi) is 12.3. The fourth-order valence-electron chi connectivity index (χ4n) is 7.12. The standard InChI is InChI=1S/C36H46F4O4/c1-4-5-14-43-29-18-32(39)35(33(40)19-29)28-16-30(37)34(31(38)17-28)27-12-10-26(11-13-27)25-8-6-23(7-9-25)15-24(20-41)21-44-36(42)22(2)3/h16-19,23-27,41H,2,4-15,20-21H2,1,3H3. The van der Waals surface area contributed by atoms with Crippen molar-refractivity contribution < 1.29 is 36.9 Å². The Morgan fingerprint density at radius 2 is 1.48 bits per heavy atom. The number of halogens is 4. The molecule has 2 fully saturated rings. The SMILES string of the molecule is C=C(C)C(=O)OCC(CO)CC1CCC(C2CCC(c3c(F)cc(-c4c(F)cc(OCCCC)cc4F)cc3F)CC2)CC1. The van der Waals surface area contributed by atoms with E-state index in [2.05, 4.69) is 6.58 Å². The highest BCUT2D eigenvalue weighted by Gasteiger charge is 2.34. The number of ether oxygens (including phenoxy) is 2. The van der Waals surface area contributed by atoms with Crippen LogP contribution in [0.2, 0.25) is 0 Å². The Labute approximate surface area is 258 Å². The zero-order valence-corrected chi connectivity index (χ0v) is 26.0. The van der Waals surface area contributed by atoms with Crippen LogP contribution in [0, 0.1) is 46.9 Å². The largest absolute Gasteiger partial charge is 0.493 e. The highest BCUT2D eigenvalue weighted by atomic mass is 19.1. The number of rotatable bonds is 13. The molecule has 1 N–H and O–H groups in total. The molecule has 242 valence electrons. The van der Waals surface area contributed by atoms with Crippen LogP contribution < -0.4 is 4.74 Å². The molecule has 0 amide bonds. The summed E-state index contributed by atoms with van der Waals surface area (Å²) < 4.78 is 71.0. The van der Waals surface area contributed by atoms with E-state index < -0.39 is 34.8 Å². The molecule has 1 unspecified atom stereocenters. The van der Waals surface area contributed by atoms with Crippen LogP contribution in [0.5, 0.6) is 5.75 Å². The first-order valence-corrected chi connectivity index (χ1v) is 16.2. The summed E-state index contributed by atoms with van der Waals surface area (Å²) in [6, 6.07) is 4.20. The smallest absolute Gasteiger partial charge is 0.333 e. The van der Waals surface area contributed by atoms with Gasteiger partial charge < -0.3 is 14.6 Å². The van der Waals surface area contributed by atoms with Crippen LogP contribution >= 0.6 is 0 Å². The average molecular weight is 619 g/mol. The van der Waals surface area contributed by atoms with E-state index in [4.69, 9.17) is 9.47 Å². The van der Waals surface area contributed by atoms with E-state index in [0.717, 1.165) is 82.1 Å². The van der Waals surface area contributed by atoms with Gasteiger partial charge in [-0.3, -0.25) is 0 Å². The van der Waals surface area contributed by atoms with E-state index in [9.17, 15) is 18.7 Å². The molecule has 44 heavy (non-hydrogen) atoms. The maximum Gasteiger partial charge on any atom is 0.333 e. The van der Waals surface area contributed by atoms with Gasteiger partial charge in [0.1, 0.15) is 29.0 Å². The Morgan fingerprint density at radius 1 is 0.909 bits per heavy atom. The Morgan fingerprint density at radius 3 is 2.00 bits per heavy atom. The zero-order valence-electron chi connectivity index (χ0n) is 26.0. The van der Waals surface area contributed by atoms with E-state index in [1.54, 1.807) is 6.92 Å². The molecule has 0 heterocycles. The maximum atomic E-state index is 15.3. The van der Waals surface area contributed by atoms with Crippen molar-refractivity contribution in [3.63, 3.8) is 0 Å². The minimum Gasteiger partial charge on any atom is -0.493 e. The van der Waals surface area contributed by atoms with Crippen molar-refractivity contribution >= 4 is 5.97 Å². The lowest BCUT2D eigenvalue weighted by Crippen LogP contribution is -2.27. The molecule has 4 rings (SSSR count). The number of unbranched alkanes of at least 4 members (excludes halogenated alkanes) is 1. The first-order chi connectivity index (χ1) is 21.1. The van der Waals surface area contributed by atoms with Gasteiger partial charge >= 0.3 is 5.97 Å². The summed E-state index contributed by atoms with van der Waals surface area (Å²) in [7, 11) is 0. The first-order valence-electron chi connectivity index (χ1n) is 16.2. The fourth-order valence-corrected chi connectivity index (χ4v) is 7.12. The second-order valence-corrected chi connectivity index (χ2v) is 12.9. The van der Waals surface area contributed by atoms with Gasteiger partial charge in [0.15, 0.2) is 0 Å². The molecule has 0 aromatic heterocycles. The number of benzene rings is 2. The molecule has 2 aliphatic carbocycles. The number of hydrogen-bond acceptors (Lipinski definition) is 4. The predicted octanol–water partition coefficient (Wildman–Crippen LogP) is 9.29. The number of hydrogen-bond donors (Lipinski definition) is 1. The van der Waals surface area contributed by atoms with Crippen molar-refractivity contribution in [2.75, 3.05) is 19.8 Å². The second kappa shape index (κ2) is 15.9. The summed E-state index contributed by atoms with van der Waals surface area (Å²) in [5.74, 6) is -2.55. The first kappa shape index (κ1) is 34.0. The number of esters is 1. The van der Waals surface area contributed by atoms with Gasteiger partial charge in [0, 0.05) is 35.8 Å². The summed E-state index contributed by atoms with van der Waals surface area (Å²) in [6.07, 6.45) is 9.84. The predicted molar refractivity (Wildman–Crippen MR) is 163 cm³/mol. The normalized spacial score (nSPS) is 22.8. The van der Waals surface area contributed by atoms with Crippen LogP contribution in [-0.2, 0) is 9.53 Å². The third-order valence-corrected chi connectivity index (χ3v) is 9.61.